The van der Waals surface area contributed by atoms with Gasteiger partial charge in [-0.25, -0.2) is 4.98 Å². The van der Waals surface area contributed by atoms with Crippen molar-refractivity contribution in [3.05, 3.63) is 16.1 Å². The Balaban J connectivity index is 2.79. The summed E-state index contributed by atoms with van der Waals surface area (Å²) >= 11 is 1.46. The quantitative estimate of drug-likeness (QED) is 0.744. The van der Waals surface area contributed by atoms with Crippen LogP contribution in [0.1, 0.15) is 17.6 Å². The van der Waals surface area contributed by atoms with Crippen LogP contribution in [0, 0.1) is 0 Å². The van der Waals surface area contributed by atoms with E-state index in [9.17, 15) is 5.11 Å². The van der Waals surface area contributed by atoms with Crippen molar-refractivity contribution in [2.75, 3.05) is 13.7 Å². The Labute approximate surface area is 81.4 Å². The summed E-state index contributed by atoms with van der Waals surface area (Å²) in [6.07, 6.45) is 0. The van der Waals surface area contributed by atoms with E-state index in [-0.39, 0.29) is 6.54 Å². The number of thiazole rings is 1. The summed E-state index contributed by atoms with van der Waals surface area (Å²) in [6.45, 7) is 2.30. The average Bonchev–Trinajstić information content (AvgIpc) is 2.54. The van der Waals surface area contributed by atoms with Gasteiger partial charge in [-0.2, -0.15) is 0 Å². The van der Waals surface area contributed by atoms with E-state index in [0.717, 1.165) is 5.01 Å². The molecule has 0 amide bonds. The van der Waals surface area contributed by atoms with Crippen LogP contribution in [0.2, 0.25) is 0 Å². The van der Waals surface area contributed by atoms with Gasteiger partial charge in [0.15, 0.2) is 0 Å². The first kappa shape index (κ1) is 10.6. The minimum atomic E-state index is -1.03. The Morgan fingerprint density at radius 1 is 1.77 bits per heavy atom. The Bertz CT molecular complexity index is 273. The zero-order valence-electron chi connectivity index (χ0n) is 7.78. The Hall–Kier alpha value is -0.490. The molecule has 0 bridgehead atoms. The number of hydrogen-bond donors (Lipinski definition) is 2. The van der Waals surface area contributed by atoms with Crippen molar-refractivity contribution in [3.8, 4) is 0 Å². The lowest BCUT2D eigenvalue weighted by Crippen LogP contribution is -2.31. The summed E-state index contributed by atoms with van der Waals surface area (Å²) in [7, 11) is 1.61. The van der Waals surface area contributed by atoms with Crippen LogP contribution in [-0.4, -0.2) is 23.7 Å². The van der Waals surface area contributed by atoms with Gasteiger partial charge in [-0.15, -0.1) is 11.3 Å². The molecule has 74 valence electrons. The van der Waals surface area contributed by atoms with Crippen LogP contribution in [0.5, 0.6) is 0 Å². The molecule has 0 radical (unpaired) electrons. The number of aliphatic hydroxyl groups is 1. The van der Waals surface area contributed by atoms with E-state index in [4.69, 9.17) is 10.5 Å². The molecule has 1 atom stereocenters. The zero-order valence-corrected chi connectivity index (χ0v) is 8.60. The molecule has 1 heterocycles. The molecule has 0 aliphatic carbocycles. The van der Waals surface area contributed by atoms with Crippen LogP contribution in [0.25, 0.3) is 0 Å². The van der Waals surface area contributed by atoms with Gasteiger partial charge < -0.3 is 15.6 Å². The first-order valence-corrected chi connectivity index (χ1v) is 4.84. The van der Waals surface area contributed by atoms with Gasteiger partial charge in [0, 0.05) is 19.0 Å². The van der Waals surface area contributed by atoms with Crippen molar-refractivity contribution in [2.45, 2.75) is 19.1 Å². The fourth-order valence-electron chi connectivity index (χ4n) is 0.853. The van der Waals surface area contributed by atoms with Crippen LogP contribution < -0.4 is 5.73 Å². The van der Waals surface area contributed by atoms with Crippen molar-refractivity contribution in [1.82, 2.24) is 4.98 Å². The number of methoxy groups -OCH3 is 1. The van der Waals surface area contributed by atoms with Gasteiger partial charge >= 0.3 is 0 Å². The number of nitrogens with zero attached hydrogens (tertiary/aromatic N) is 1. The maximum atomic E-state index is 9.75. The van der Waals surface area contributed by atoms with Gasteiger partial charge in [0.1, 0.15) is 10.6 Å². The molecule has 1 aromatic rings. The summed E-state index contributed by atoms with van der Waals surface area (Å²) in [5.41, 5.74) is 5.00. The summed E-state index contributed by atoms with van der Waals surface area (Å²) in [5, 5.41) is 12.4. The predicted octanol–water partition coefficient (Wildman–Crippen LogP) is 0.456. The van der Waals surface area contributed by atoms with Crippen LogP contribution in [0.4, 0.5) is 0 Å². The molecule has 0 aliphatic rings. The second-order valence-corrected chi connectivity index (χ2v) is 3.98. The van der Waals surface area contributed by atoms with Gasteiger partial charge in [-0.1, -0.05) is 0 Å². The lowest BCUT2D eigenvalue weighted by Gasteiger charge is -2.17. The van der Waals surface area contributed by atoms with E-state index in [2.05, 4.69) is 4.98 Å². The Morgan fingerprint density at radius 3 is 3.00 bits per heavy atom. The molecule has 13 heavy (non-hydrogen) atoms. The van der Waals surface area contributed by atoms with Crippen molar-refractivity contribution in [3.63, 3.8) is 0 Å². The van der Waals surface area contributed by atoms with Gasteiger partial charge in [0.2, 0.25) is 0 Å². The molecule has 0 aromatic carbocycles. The van der Waals surface area contributed by atoms with Crippen molar-refractivity contribution in [1.29, 1.82) is 0 Å². The first-order valence-electron chi connectivity index (χ1n) is 3.96. The highest BCUT2D eigenvalue weighted by Crippen LogP contribution is 2.21. The third-order valence-electron chi connectivity index (χ3n) is 1.77. The zero-order chi connectivity index (χ0) is 9.90. The molecule has 0 spiro atoms. The normalized spacial score (nSPS) is 15.7. The molecular weight excluding hydrogens is 188 g/mol. The Kier molecular flexibility index (Phi) is 3.38. The van der Waals surface area contributed by atoms with Gasteiger partial charge in [0.25, 0.3) is 0 Å². The number of nitrogens with two attached hydrogens (primary N) is 1. The van der Waals surface area contributed by atoms with E-state index < -0.39 is 5.60 Å². The van der Waals surface area contributed by atoms with Crippen LogP contribution in [0.15, 0.2) is 5.38 Å². The number of rotatable bonds is 4. The molecule has 5 heteroatoms. The van der Waals surface area contributed by atoms with Crippen LogP contribution in [-0.2, 0) is 16.9 Å². The minimum absolute atomic E-state index is 0.170. The third-order valence-corrected chi connectivity index (χ3v) is 2.59. The largest absolute Gasteiger partial charge is 0.382 e. The first-order chi connectivity index (χ1) is 6.10. The maximum Gasteiger partial charge on any atom is 0.119 e. The fourth-order valence-corrected chi connectivity index (χ4v) is 1.74. The van der Waals surface area contributed by atoms with E-state index in [1.165, 1.54) is 11.3 Å². The van der Waals surface area contributed by atoms with Crippen molar-refractivity contribution >= 4 is 11.3 Å². The molecule has 0 aliphatic heterocycles. The predicted molar refractivity (Wildman–Crippen MR) is 51.5 cm³/mol. The molecule has 4 nitrogen and oxygen atoms in total. The van der Waals surface area contributed by atoms with Crippen molar-refractivity contribution in [2.24, 2.45) is 5.73 Å². The SMILES string of the molecule is COCc1nc(C(C)(O)CN)cs1. The van der Waals surface area contributed by atoms with E-state index in [1.807, 2.05) is 0 Å². The standard InChI is InChI=1S/C8H14N2O2S/c1-8(11,5-9)6-4-13-7(10-6)3-12-2/h4,11H,3,5,9H2,1-2H3. The van der Waals surface area contributed by atoms with E-state index in [0.29, 0.717) is 12.3 Å². The number of hydrogen-bond acceptors (Lipinski definition) is 5. The summed E-state index contributed by atoms with van der Waals surface area (Å²) < 4.78 is 4.92. The maximum absolute atomic E-state index is 9.75. The monoisotopic (exact) mass is 202 g/mol. The average molecular weight is 202 g/mol. The van der Waals surface area contributed by atoms with Gasteiger partial charge in [-0.05, 0) is 6.92 Å². The second kappa shape index (κ2) is 4.15. The molecule has 0 saturated carbocycles. The molecule has 3 N–H and O–H groups in total. The number of ether oxygens (including phenoxy) is 1. The second-order valence-electron chi connectivity index (χ2n) is 3.04. The third kappa shape index (κ3) is 2.47. The lowest BCUT2D eigenvalue weighted by atomic mass is 10.0. The van der Waals surface area contributed by atoms with Crippen LogP contribution in [0.3, 0.4) is 0 Å². The molecule has 1 rings (SSSR count). The topological polar surface area (TPSA) is 68.4 Å². The Morgan fingerprint density at radius 2 is 2.46 bits per heavy atom. The van der Waals surface area contributed by atoms with Crippen LogP contribution >= 0.6 is 11.3 Å². The molecule has 1 aromatic heterocycles. The highest BCUT2D eigenvalue weighted by Gasteiger charge is 2.23. The molecule has 1 unspecified atom stereocenters. The van der Waals surface area contributed by atoms with Gasteiger partial charge in [-0.3, -0.25) is 0 Å². The van der Waals surface area contributed by atoms with Gasteiger partial charge in [0.05, 0.1) is 12.3 Å². The summed E-state index contributed by atoms with van der Waals surface area (Å²) in [4.78, 5) is 4.21. The number of aromatic nitrogens is 1. The minimum Gasteiger partial charge on any atom is -0.382 e. The fraction of sp³-hybridized carbons (Fsp3) is 0.625. The molecule has 0 fully saturated rings. The highest BCUT2D eigenvalue weighted by molar-refractivity contribution is 7.09. The smallest absolute Gasteiger partial charge is 0.119 e. The lowest BCUT2D eigenvalue weighted by molar-refractivity contribution is 0.0623. The van der Waals surface area contributed by atoms with Crippen molar-refractivity contribution < 1.29 is 9.84 Å². The van der Waals surface area contributed by atoms with E-state index >= 15 is 0 Å². The molecular formula is C8H14N2O2S. The highest BCUT2D eigenvalue weighted by atomic mass is 32.1. The van der Waals surface area contributed by atoms with E-state index in [1.54, 1.807) is 19.4 Å². The molecule has 0 saturated heterocycles. The summed E-state index contributed by atoms with van der Waals surface area (Å²) in [5.74, 6) is 0. The summed E-state index contributed by atoms with van der Waals surface area (Å²) in [6, 6.07) is 0.